The lowest BCUT2D eigenvalue weighted by Crippen LogP contribution is -2.51. The summed E-state index contributed by atoms with van der Waals surface area (Å²) in [5.41, 5.74) is 0. The average Bonchev–Trinajstić information content (AvgIpc) is 2.42. The fourth-order valence-electron chi connectivity index (χ4n) is 2.80. The minimum absolute atomic E-state index is 0.0457. The van der Waals surface area contributed by atoms with Gasteiger partial charge in [-0.3, -0.25) is 9.69 Å². The molecule has 2 atom stereocenters. The van der Waals surface area contributed by atoms with Crippen LogP contribution in [0.1, 0.15) is 47.5 Å². The van der Waals surface area contributed by atoms with Gasteiger partial charge in [-0.15, -0.1) is 0 Å². The Kier molecular flexibility index (Phi) is 7.52. The third kappa shape index (κ3) is 5.80. The molecule has 0 bridgehead atoms. The van der Waals surface area contributed by atoms with E-state index in [2.05, 4.69) is 43.2 Å². The molecule has 1 rings (SSSR count). The molecule has 2 unspecified atom stereocenters. The van der Waals surface area contributed by atoms with Crippen molar-refractivity contribution in [1.82, 2.24) is 15.5 Å². The first-order chi connectivity index (χ1) is 9.41. The summed E-state index contributed by atoms with van der Waals surface area (Å²) in [5.74, 6) is 1.34. The van der Waals surface area contributed by atoms with Gasteiger partial charge in [-0.05, 0) is 58.5 Å². The number of carbonyl (C=O) groups is 1. The SMILES string of the molecule is CC(C)CNC(=O)C(C)N(CC1CCCNC1)C(C)C. The van der Waals surface area contributed by atoms with E-state index in [9.17, 15) is 4.79 Å². The number of carbonyl (C=O) groups excluding carboxylic acids is 1. The lowest BCUT2D eigenvalue weighted by Gasteiger charge is -2.36. The van der Waals surface area contributed by atoms with Gasteiger partial charge < -0.3 is 10.6 Å². The van der Waals surface area contributed by atoms with Crippen molar-refractivity contribution in [2.24, 2.45) is 11.8 Å². The van der Waals surface area contributed by atoms with Crippen LogP contribution in [0.3, 0.4) is 0 Å². The number of rotatable bonds is 7. The lowest BCUT2D eigenvalue weighted by atomic mass is 9.97. The quantitative estimate of drug-likeness (QED) is 0.749. The normalized spacial score (nSPS) is 21.5. The summed E-state index contributed by atoms with van der Waals surface area (Å²) in [7, 11) is 0. The van der Waals surface area contributed by atoms with Gasteiger partial charge in [0.05, 0.1) is 6.04 Å². The summed E-state index contributed by atoms with van der Waals surface area (Å²) >= 11 is 0. The lowest BCUT2D eigenvalue weighted by molar-refractivity contribution is -0.127. The molecule has 0 aromatic rings. The molecule has 118 valence electrons. The number of hydrogen-bond acceptors (Lipinski definition) is 3. The van der Waals surface area contributed by atoms with E-state index in [-0.39, 0.29) is 11.9 Å². The van der Waals surface area contributed by atoms with Gasteiger partial charge in [-0.25, -0.2) is 0 Å². The largest absolute Gasteiger partial charge is 0.354 e. The molecule has 1 saturated heterocycles. The second-order valence-electron chi connectivity index (χ2n) is 6.82. The molecule has 1 amide bonds. The number of nitrogens with one attached hydrogen (secondary N) is 2. The Bertz CT molecular complexity index is 285. The molecule has 1 heterocycles. The molecule has 0 radical (unpaired) electrons. The minimum atomic E-state index is -0.0457. The highest BCUT2D eigenvalue weighted by Crippen LogP contribution is 2.16. The highest BCUT2D eigenvalue weighted by Gasteiger charge is 2.26. The predicted molar refractivity (Wildman–Crippen MR) is 84.7 cm³/mol. The van der Waals surface area contributed by atoms with Gasteiger partial charge >= 0.3 is 0 Å². The molecule has 4 nitrogen and oxygen atoms in total. The van der Waals surface area contributed by atoms with Crippen molar-refractivity contribution < 1.29 is 4.79 Å². The van der Waals surface area contributed by atoms with Gasteiger partial charge in [0.15, 0.2) is 0 Å². The van der Waals surface area contributed by atoms with Gasteiger partial charge in [-0.1, -0.05) is 13.8 Å². The Balaban J connectivity index is 2.52. The van der Waals surface area contributed by atoms with Crippen LogP contribution in [-0.2, 0) is 4.79 Å². The monoisotopic (exact) mass is 283 g/mol. The number of nitrogens with zero attached hydrogens (tertiary/aromatic N) is 1. The van der Waals surface area contributed by atoms with Crippen LogP contribution in [0.4, 0.5) is 0 Å². The fourth-order valence-corrected chi connectivity index (χ4v) is 2.80. The van der Waals surface area contributed by atoms with Crippen LogP contribution in [-0.4, -0.2) is 49.1 Å². The maximum Gasteiger partial charge on any atom is 0.237 e. The zero-order valence-electron chi connectivity index (χ0n) is 13.9. The summed E-state index contributed by atoms with van der Waals surface area (Å²) in [4.78, 5) is 14.6. The molecular formula is C16H33N3O. The molecule has 0 aromatic carbocycles. The molecule has 0 spiro atoms. The number of piperidine rings is 1. The van der Waals surface area contributed by atoms with Crippen molar-refractivity contribution in [3.63, 3.8) is 0 Å². The summed E-state index contributed by atoms with van der Waals surface area (Å²) in [6, 6.07) is 0.354. The van der Waals surface area contributed by atoms with E-state index in [0.29, 0.717) is 17.9 Å². The van der Waals surface area contributed by atoms with Gasteiger partial charge in [0.2, 0.25) is 5.91 Å². The maximum atomic E-state index is 12.3. The third-order valence-electron chi connectivity index (χ3n) is 4.09. The smallest absolute Gasteiger partial charge is 0.237 e. The van der Waals surface area contributed by atoms with Crippen LogP contribution in [0.25, 0.3) is 0 Å². The van der Waals surface area contributed by atoms with Crippen molar-refractivity contribution in [3.8, 4) is 0 Å². The summed E-state index contributed by atoms with van der Waals surface area (Å²) in [6.07, 6.45) is 2.53. The van der Waals surface area contributed by atoms with E-state index in [1.165, 1.54) is 12.8 Å². The summed E-state index contributed by atoms with van der Waals surface area (Å²) in [6.45, 7) is 14.7. The molecule has 2 N–H and O–H groups in total. The van der Waals surface area contributed by atoms with Crippen molar-refractivity contribution in [1.29, 1.82) is 0 Å². The zero-order valence-corrected chi connectivity index (χ0v) is 13.9. The number of hydrogen-bond donors (Lipinski definition) is 2. The molecular weight excluding hydrogens is 250 g/mol. The minimum Gasteiger partial charge on any atom is -0.354 e. The van der Waals surface area contributed by atoms with Gasteiger partial charge in [0.25, 0.3) is 0 Å². The Morgan fingerprint density at radius 3 is 2.50 bits per heavy atom. The molecule has 1 fully saturated rings. The highest BCUT2D eigenvalue weighted by atomic mass is 16.2. The van der Waals surface area contributed by atoms with E-state index < -0.39 is 0 Å². The van der Waals surface area contributed by atoms with E-state index in [0.717, 1.165) is 26.2 Å². The highest BCUT2D eigenvalue weighted by molar-refractivity contribution is 5.81. The van der Waals surface area contributed by atoms with Gasteiger partial charge in [-0.2, -0.15) is 0 Å². The topological polar surface area (TPSA) is 44.4 Å². The van der Waals surface area contributed by atoms with Crippen molar-refractivity contribution >= 4 is 5.91 Å². The first kappa shape index (κ1) is 17.4. The summed E-state index contributed by atoms with van der Waals surface area (Å²) < 4.78 is 0. The first-order valence-corrected chi connectivity index (χ1v) is 8.16. The second-order valence-corrected chi connectivity index (χ2v) is 6.82. The van der Waals surface area contributed by atoms with Crippen LogP contribution in [0.2, 0.25) is 0 Å². The number of amides is 1. The molecule has 0 saturated carbocycles. The van der Waals surface area contributed by atoms with Crippen LogP contribution >= 0.6 is 0 Å². The fraction of sp³-hybridized carbons (Fsp3) is 0.938. The second kappa shape index (κ2) is 8.63. The Morgan fingerprint density at radius 1 is 1.30 bits per heavy atom. The summed E-state index contributed by atoms with van der Waals surface area (Å²) in [5, 5.41) is 6.52. The molecule has 4 heteroatoms. The van der Waals surface area contributed by atoms with E-state index in [4.69, 9.17) is 0 Å². The van der Waals surface area contributed by atoms with Crippen LogP contribution in [0.15, 0.2) is 0 Å². The first-order valence-electron chi connectivity index (χ1n) is 8.16. The zero-order chi connectivity index (χ0) is 15.1. The third-order valence-corrected chi connectivity index (χ3v) is 4.09. The maximum absolute atomic E-state index is 12.3. The van der Waals surface area contributed by atoms with Crippen LogP contribution < -0.4 is 10.6 Å². The molecule has 20 heavy (non-hydrogen) atoms. The molecule has 1 aliphatic rings. The molecule has 0 aliphatic carbocycles. The van der Waals surface area contributed by atoms with Crippen LogP contribution in [0.5, 0.6) is 0 Å². The average molecular weight is 283 g/mol. The van der Waals surface area contributed by atoms with Crippen LogP contribution in [0, 0.1) is 11.8 Å². The Labute approximate surface area is 124 Å². The van der Waals surface area contributed by atoms with Crippen molar-refractivity contribution in [2.45, 2.75) is 59.5 Å². The van der Waals surface area contributed by atoms with Gasteiger partial charge in [0, 0.05) is 19.1 Å². The van der Waals surface area contributed by atoms with Crippen molar-refractivity contribution in [2.75, 3.05) is 26.2 Å². The van der Waals surface area contributed by atoms with E-state index in [1.54, 1.807) is 0 Å². The van der Waals surface area contributed by atoms with Gasteiger partial charge in [0.1, 0.15) is 0 Å². The molecule has 1 aliphatic heterocycles. The standard InChI is InChI=1S/C16H33N3O/c1-12(2)9-18-16(20)14(5)19(13(3)4)11-15-7-6-8-17-10-15/h12-15,17H,6-11H2,1-5H3,(H,18,20). The van der Waals surface area contributed by atoms with E-state index >= 15 is 0 Å². The van der Waals surface area contributed by atoms with Crippen molar-refractivity contribution in [3.05, 3.63) is 0 Å². The Morgan fingerprint density at radius 2 is 2.00 bits per heavy atom. The Hall–Kier alpha value is -0.610. The predicted octanol–water partition coefficient (Wildman–Crippen LogP) is 1.86. The van der Waals surface area contributed by atoms with E-state index in [1.807, 2.05) is 6.92 Å². The molecule has 0 aromatic heterocycles.